The van der Waals surface area contributed by atoms with Gasteiger partial charge in [-0.05, 0) is 37.8 Å². The van der Waals surface area contributed by atoms with Gasteiger partial charge in [0, 0.05) is 24.8 Å². The molecule has 2 fully saturated rings. The van der Waals surface area contributed by atoms with Crippen molar-refractivity contribution in [3.63, 3.8) is 0 Å². The zero-order valence-corrected chi connectivity index (χ0v) is 12.5. The Hall–Kier alpha value is -1.07. The van der Waals surface area contributed by atoms with E-state index >= 15 is 0 Å². The Labute approximate surface area is 120 Å². The standard InChI is InChI=1S/C15H21NO3S/c1-20(17,18)15-8-3-2-5-13(15)16-12-6-4-7-14-11(12)9-10-19-14/h2-3,5,8,11-12,14,16H,4,6-7,9-10H2,1H3. The molecule has 1 saturated heterocycles. The molecule has 4 nitrogen and oxygen atoms in total. The molecule has 2 aliphatic rings. The summed E-state index contributed by atoms with van der Waals surface area (Å²) in [5, 5.41) is 3.47. The summed E-state index contributed by atoms with van der Waals surface area (Å²) < 4.78 is 29.5. The van der Waals surface area contributed by atoms with Crippen LogP contribution in [0.15, 0.2) is 29.2 Å². The average Bonchev–Trinajstić information content (AvgIpc) is 2.87. The maximum absolute atomic E-state index is 11.9. The van der Waals surface area contributed by atoms with Crippen LogP contribution in [-0.2, 0) is 14.6 Å². The first-order chi connectivity index (χ1) is 9.55. The molecule has 0 radical (unpaired) electrons. The Kier molecular flexibility index (Phi) is 3.73. The van der Waals surface area contributed by atoms with E-state index in [4.69, 9.17) is 4.74 Å². The molecule has 110 valence electrons. The van der Waals surface area contributed by atoms with E-state index in [1.54, 1.807) is 12.1 Å². The quantitative estimate of drug-likeness (QED) is 0.930. The predicted octanol–water partition coefficient (Wildman–Crippen LogP) is 2.46. The highest BCUT2D eigenvalue weighted by molar-refractivity contribution is 7.90. The molecule has 0 aromatic heterocycles. The number of rotatable bonds is 3. The first kappa shape index (κ1) is 13.9. The molecule has 0 spiro atoms. The van der Waals surface area contributed by atoms with Gasteiger partial charge in [-0.2, -0.15) is 0 Å². The Bertz CT molecular complexity index is 585. The highest BCUT2D eigenvalue weighted by Crippen LogP contribution is 2.36. The fourth-order valence-electron chi connectivity index (χ4n) is 3.46. The van der Waals surface area contributed by atoms with E-state index in [2.05, 4.69) is 5.32 Å². The minimum Gasteiger partial charge on any atom is -0.381 e. The van der Waals surface area contributed by atoms with Crippen molar-refractivity contribution >= 4 is 15.5 Å². The van der Waals surface area contributed by atoms with Crippen molar-refractivity contribution in [1.29, 1.82) is 0 Å². The van der Waals surface area contributed by atoms with Gasteiger partial charge in [0.15, 0.2) is 9.84 Å². The SMILES string of the molecule is CS(=O)(=O)c1ccccc1NC1CCCC2OCCC12. The number of anilines is 1. The molecule has 1 N–H and O–H groups in total. The molecule has 0 amide bonds. The summed E-state index contributed by atoms with van der Waals surface area (Å²) in [5.74, 6) is 0.511. The summed E-state index contributed by atoms with van der Waals surface area (Å²) in [7, 11) is -3.20. The monoisotopic (exact) mass is 295 g/mol. The minimum atomic E-state index is -3.20. The van der Waals surface area contributed by atoms with Crippen LogP contribution in [-0.4, -0.2) is 33.4 Å². The second kappa shape index (κ2) is 5.37. The number of para-hydroxylation sites is 1. The van der Waals surface area contributed by atoms with E-state index in [1.165, 1.54) is 6.26 Å². The van der Waals surface area contributed by atoms with Crippen molar-refractivity contribution in [2.45, 2.75) is 42.7 Å². The lowest BCUT2D eigenvalue weighted by Gasteiger charge is -2.34. The minimum absolute atomic E-state index is 0.319. The molecule has 1 aliphatic heterocycles. The van der Waals surface area contributed by atoms with E-state index in [1.807, 2.05) is 12.1 Å². The van der Waals surface area contributed by atoms with Crippen LogP contribution in [0.3, 0.4) is 0 Å². The zero-order chi connectivity index (χ0) is 14.2. The lowest BCUT2D eigenvalue weighted by Crippen LogP contribution is -2.38. The lowest BCUT2D eigenvalue weighted by atomic mass is 9.81. The second-order valence-corrected chi connectivity index (χ2v) is 7.80. The molecule has 5 heteroatoms. The molecule has 1 aliphatic carbocycles. The third kappa shape index (κ3) is 2.69. The second-order valence-electron chi connectivity index (χ2n) is 5.81. The summed E-state index contributed by atoms with van der Waals surface area (Å²) in [6, 6.07) is 7.49. The first-order valence-electron chi connectivity index (χ1n) is 7.23. The van der Waals surface area contributed by atoms with Crippen molar-refractivity contribution < 1.29 is 13.2 Å². The predicted molar refractivity (Wildman–Crippen MR) is 78.7 cm³/mol. The summed E-state index contributed by atoms with van der Waals surface area (Å²) in [5.41, 5.74) is 0.729. The van der Waals surface area contributed by atoms with Crippen molar-refractivity contribution in [3.8, 4) is 0 Å². The topological polar surface area (TPSA) is 55.4 Å². The van der Waals surface area contributed by atoms with E-state index in [0.29, 0.717) is 23.0 Å². The van der Waals surface area contributed by atoms with Crippen LogP contribution in [0.1, 0.15) is 25.7 Å². The maximum Gasteiger partial charge on any atom is 0.177 e. The summed E-state index contributed by atoms with van der Waals surface area (Å²) in [4.78, 5) is 0.390. The van der Waals surface area contributed by atoms with Crippen molar-refractivity contribution in [3.05, 3.63) is 24.3 Å². The highest BCUT2D eigenvalue weighted by atomic mass is 32.2. The van der Waals surface area contributed by atoms with Gasteiger partial charge in [0.25, 0.3) is 0 Å². The van der Waals surface area contributed by atoms with Crippen LogP contribution < -0.4 is 5.32 Å². The van der Waals surface area contributed by atoms with Gasteiger partial charge >= 0.3 is 0 Å². The number of nitrogens with one attached hydrogen (secondary N) is 1. The molecule has 20 heavy (non-hydrogen) atoms. The van der Waals surface area contributed by atoms with Crippen LogP contribution in [0.5, 0.6) is 0 Å². The molecular formula is C15H21NO3S. The zero-order valence-electron chi connectivity index (χ0n) is 11.7. The molecule has 1 aromatic rings. The molecule has 0 bridgehead atoms. The Morgan fingerprint density at radius 3 is 2.80 bits per heavy atom. The lowest BCUT2D eigenvalue weighted by molar-refractivity contribution is 0.0620. The van der Waals surface area contributed by atoms with Gasteiger partial charge in [-0.25, -0.2) is 8.42 Å². The average molecular weight is 295 g/mol. The van der Waals surface area contributed by atoms with Crippen molar-refractivity contribution in [2.75, 3.05) is 18.2 Å². The van der Waals surface area contributed by atoms with Gasteiger partial charge in [-0.15, -0.1) is 0 Å². The van der Waals surface area contributed by atoms with Crippen LogP contribution >= 0.6 is 0 Å². The van der Waals surface area contributed by atoms with Gasteiger partial charge in [-0.3, -0.25) is 0 Å². The molecule has 3 unspecified atom stereocenters. The number of sulfone groups is 1. The highest BCUT2D eigenvalue weighted by Gasteiger charge is 2.37. The van der Waals surface area contributed by atoms with Gasteiger partial charge in [0.1, 0.15) is 0 Å². The van der Waals surface area contributed by atoms with Crippen LogP contribution in [0.2, 0.25) is 0 Å². The van der Waals surface area contributed by atoms with E-state index < -0.39 is 9.84 Å². The summed E-state index contributed by atoms with van der Waals surface area (Å²) >= 11 is 0. The third-order valence-electron chi connectivity index (χ3n) is 4.41. The fraction of sp³-hybridized carbons (Fsp3) is 0.600. The largest absolute Gasteiger partial charge is 0.381 e. The number of hydrogen-bond acceptors (Lipinski definition) is 4. The van der Waals surface area contributed by atoms with Crippen LogP contribution in [0, 0.1) is 5.92 Å². The molecule has 1 heterocycles. The molecule has 3 atom stereocenters. The number of benzene rings is 1. The third-order valence-corrected chi connectivity index (χ3v) is 5.56. The Morgan fingerprint density at radius 1 is 1.20 bits per heavy atom. The van der Waals surface area contributed by atoms with Gasteiger partial charge < -0.3 is 10.1 Å². The van der Waals surface area contributed by atoms with E-state index in [9.17, 15) is 8.42 Å². The molecule has 1 aromatic carbocycles. The number of hydrogen-bond donors (Lipinski definition) is 1. The van der Waals surface area contributed by atoms with E-state index in [-0.39, 0.29) is 0 Å². The Morgan fingerprint density at radius 2 is 2.00 bits per heavy atom. The number of fused-ring (bicyclic) bond motifs is 1. The fourth-order valence-corrected chi connectivity index (χ4v) is 4.32. The van der Waals surface area contributed by atoms with Crippen molar-refractivity contribution in [1.82, 2.24) is 0 Å². The van der Waals surface area contributed by atoms with Crippen LogP contribution in [0.4, 0.5) is 5.69 Å². The number of ether oxygens (including phenoxy) is 1. The van der Waals surface area contributed by atoms with Gasteiger partial charge in [0.05, 0.1) is 16.7 Å². The molecule has 3 rings (SSSR count). The smallest absolute Gasteiger partial charge is 0.177 e. The maximum atomic E-state index is 11.9. The Balaban J connectivity index is 1.84. The van der Waals surface area contributed by atoms with E-state index in [0.717, 1.165) is 38.0 Å². The summed E-state index contributed by atoms with van der Waals surface area (Å²) in [6.07, 6.45) is 6.05. The normalized spacial score (nSPS) is 29.9. The van der Waals surface area contributed by atoms with Gasteiger partial charge in [-0.1, -0.05) is 12.1 Å². The molecule has 1 saturated carbocycles. The van der Waals surface area contributed by atoms with Crippen molar-refractivity contribution in [2.24, 2.45) is 5.92 Å². The molecular weight excluding hydrogens is 274 g/mol. The first-order valence-corrected chi connectivity index (χ1v) is 9.12. The van der Waals surface area contributed by atoms with Gasteiger partial charge in [0.2, 0.25) is 0 Å². The summed E-state index contributed by atoms with van der Waals surface area (Å²) in [6.45, 7) is 0.835. The van der Waals surface area contributed by atoms with Crippen LogP contribution in [0.25, 0.3) is 0 Å².